The quantitative estimate of drug-likeness (QED) is 0.784. The zero-order valence-corrected chi connectivity index (χ0v) is 14.7. The van der Waals surface area contributed by atoms with E-state index in [4.69, 9.17) is 14.2 Å². The van der Waals surface area contributed by atoms with Crippen LogP contribution in [0.25, 0.3) is 0 Å². The number of likely N-dealkylation sites (tertiary alicyclic amines) is 2. The van der Waals surface area contributed by atoms with Crippen LogP contribution in [0.1, 0.15) is 6.42 Å². The first-order valence-corrected chi connectivity index (χ1v) is 8.32. The van der Waals surface area contributed by atoms with Gasteiger partial charge >= 0.3 is 0 Å². The lowest BCUT2D eigenvalue weighted by molar-refractivity contribution is -0.145. The molecule has 1 aromatic rings. The van der Waals surface area contributed by atoms with E-state index >= 15 is 0 Å². The summed E-state index contributed by atoms with van der Waals surface area (Å²) in [5, 5.41) is 0. The van der Waals surface area contributed by atoms with E-state index in [1.165, 1.54) is 0 Å². The van der Waals surface area contributed by atoms with Crippen LogP contribution in [-0.4, -0.2) is 75.4 Å². The highest BCUT2D eigenvalue weighted by molar-refractivity contribution is 5.79. The summed E-state index contributed by atoms with van der Waals surface area (Å²) in [7, 11) is 5.48. The number of methoxy groups -OCH3 is 2. The number of hydrogen-bond donors (Lipinski definition) is 0. The lowest BCUT2D eigenvalue weighted by atomic mass is 9.84. The SMILES string of the molecule is COC[C@H]1CN(C)C2(C1)CN(C(=O)COc1ccccc1OC)C2. The normalized spacial score (nSPS) is 22.5. The molecule has 1 amide bonds. The number of amides is 1. The second-order valence-electron chi connectivity index (χ2n) is 6.82. The maximum atomic E-state index is 12.4. The highest BCUT2D eigenvalue weighted by Gasteiger charge is 2.52. The van der Waals surface area contributed by atoms with Gasteiger partial charge in [0.25, 0.3) is 5.91 Å². The van der Waals surface area contributed by atoms with Crippen molar-refractivity contribution in [2.24, 2.45) is 5.92 Å². The first-order valence-electron chi connectivity index (χ1n) is 8.32. The van der Waals surface area contributed by atoms with E-state index < -0.39 is 0 Å². The Morgan fingerprint density at radius 3 is 2.62 bits per heavy atom. The molecule has 2 fully saturated rings. The van der Waals surface area contributed by atoms with Crippen molar-refractivity contribution in [1.29, 1.82) is 0 Å². The summed E-state index contributed by atoms with van der Waals surface area (Å²) in [6.45, 7) is 3.42. The molecule has 6 heteroatoms. The van der Waals surface area contributed by atoms with E-state index in [0.717, 1.165) is 32.7 Å². The molecule has 0 aliphatic carbocycles. The fourth-order valence-electron chi connectivity index (χ4n) is 3.87. The van der Waals surface area contributed by atoms with Crippen LogP contribution in [-0.2, 0) is 9.53 Å². The second-order valence-corrected chi connectivity index (χ2v) is 6.82. The fourth-order valence-corrected chi connectivity index (χ4v) is 3.87. The topological polar surface area (TPSA) is 51.2 Å². The minimum Gasteiger partial charge on any atom is -0.493 e. The number of rotatable bonds is 6. The Morgan fingerprint density at radius 2 is 1.96 bits per heavy atom. The first kappa shape index (κ1) is 17.0. The molecule has 1 spiro atoms. The summed E-state index contributed by atoms with van der Waals surface area (Å²) >= 11 is 0. The molecule has 6 nitrogen and oxygen atoms in total. The molecule has 0 saturated carbocycles. The Bertz CT molecular complexity index is 586. The molecule has 2 aliphatic heterocycles. The first-order chi connectivity index (χ1) is 11.6. The number of carbonyl (C=O) groups is 1. The molecule has 2 saturated heterocycles. The van der Waals surface area contributed by atoms with Crippen molar-refractivity contribution in [3.63, 3.8) is 0 Å². The minimum absolute atomic E-state index is 0.0233. The van der Waals surface area contributed by atoms with E-state index in [1.54, 1.807) is 14.2 Å². The number of ether oxygens (including phenoxy) is 3. The smallest absolute Gasteiger partial charge is 0.260 e. The molecule has 132 valence electrons. The van der Waals surface area contributed by atoms with Gasteiger partial charge in [-0.1, -0.05) is 12.1 Å². The standard InChI is InChI=1S/C18H26N2O4/c1-19-9-14(10-22-2)8-18(19)12-20(13-18)17(21)11-24-16-7-5-4-6-15(16)23-3/h4-7,14H,8-13H2,1-3H3/t14-/m1/s1. The molecule has 0 bridgehead atoms. The van der Waals surface area contributed by atoms with E-state index in [2.05, 4.69) is 11.9 Å². The van der Waals surface area contributed by atoms with Crippen LogP contribution in [0.3, 0.4) is 0 Å². The van der Waals surface area contributed by atoms with Crippen molar-refractivity contribution in [2.75, 3.05) is 54.1 Å². The molecule has 2 aliphatic rings. The molecular formula is C18H26N2O4. The lowest BCUT2D eigenvalue weighted by Crippen LogP contribution is -2.68. The number of para-hydroxylation sites is 2. The van der Waals surface area contributed by atoms with Gasteiger partial charge < -0.3 is 19.1 Å². The van der Waals surface area contributed by atoms with Gasteiger partial charge in [0, 0.05) is 26.7 Å². The molecule has 0 aromatic heterocycles. The van der Waals surface area contributed by atoms with Gasteiger partial charge in [0.15, 0.2) is 18.1 Å². The van der Waals surface area contributed by atoms with Crippen LogP contribution in [0, 0.1) is 5.92 Å². The van der Waals surface area contributed by atoms with Crippen LogP contribution in [0.5, 0.6) is 11.5 Å². The zero-order valence-electron chi connectivity index (χ0n) is 14.7. The van der Waals surface area contributed by atoms with Crippen LogP contribution in [0.4, 0.5) is 0 Å². The van der Waals surface area contributed by atoms with E-state index in [-0.39, 0.29) is 18.1 Å². The van der Waals surface area contributed by atoms with Gasteiger partial charge in [0.2, 0.25) is 0 Å². The average Bonchev–Trinajstić information content (AvgIpc) is 2.88. The van der Waals surface area contributed by atoms with Gasteiger partial charge in [0.1, 0.15) is 0 Å². The largest absolute Gasteiger partial charge is 0.493 e. The van der Waals surface area contributed by atoms with Crippen LogP contribution in [0.2, 0.25) is 0 Å². The number of hydrogen-bond acceptors (Lipinski definition) is 5. The van der Waals surface area contributed by atoms with Crippen molar-refractivity contribution >= 4 is 5.91 Å². The van der Waals surface area contributed by atoms with Crippen LogP contribution in [0.15, 0.2) is 24.3 Å². The van der Waals surface area contributed by atoms with Crippen LogP contribution < -0.4 is 9.47 Å². The number of benzene rings is 1. The van der Waals surface area contributed by atoms with E-state index in [0.29, 0.717) is 17.4 Å². The molecule has 3 rings (SSSR count). The van der Waals surface area contributed by atoms with Gasteiger partial charge in [-0.05, 0) is 31.5 Å². The highest BCUT2D eigenvalue weighted by atomic mass is 16.5. The number of nitrogens with zero attached hydrogens (tertiary/aromatic N) is 2. The van der Waals surface area contributed by atoms with E-state index in [1.807, 2.05) is 29.2 Å². The molecule has 0 radical (unpaired) electrons. The summed E-state index contributed by atoms with van der Waals surface area (Å²) in [5.41, 5.74) is 0.128. The second kappa shape index (κ2) is 6.99. The molecule has 1 atom stereocenters. The molecular weight excluding hydrogens is 308 g/mol. The highest BCUT2D eigenvalue weighted by Crippen LogP contribution is 2.39. The van der Waals surface area contributed by atoms with Gasteiger partial charge in [-0.15, -0.1) is 0 Å². The zero-order chi connectivity index (χ0) is 17.2. The maximum absolute atomic E-state index is 12.4. The molecule has 0 unspecified atom stereocenters. The van der Waals surface area contributed by atoms with Gasteiger partial charge in [-0.2, -0.15) is 0 Å². The molecule has 0 N–H and O–H groups in total. The van der Waals surface area contributed by atoms with Crippen molar-refractivity contribution in [3.8, 4) is 11.5 Å². The molecule has 2 heterocycles. The Hall–Kier alpha value is -1.79. The van der Waals surface area contributed by atoms with Crippen molar-refractivity contribution in [3.05, 3.63) is 24.3 Å². The maximum Gasteiger partial charge on any atom is 0.260 e. The minimum atomic E-state index is 0.0233. The Balaban J connectivity index is 1.50. The monoisotopic (exact) mass is 334 g/mol. The van der Waals surface area contributed by atoms with Gasteiger partial charge in [-0.25, -0.2) is 0 Å². The summed E-state index contributed by atoms with van der Waals surface area (Å²) in [6.07, 6.45) is 1.09. The predicted molar refractivity (Wildman–Crippen MR) is 90.4 cm³/mol. The van der Waals surface area contributed by atoms with Crippen molar-refractivity contribution < 1.29 is 19.0 Å². The van der Waals surface area contributed by atoms with Gasteiger partial charge in [-0.3, -0.25) is 9.69 Å². The van der Waals surface area contributed by atoms with Crippen molar-refractivity contribution in [1.82, 2.24) is 9.80 Å². The summed E-state index contributed by atoms with van der Waals surface area (Å²) in [5.74, 6) is 1.82. The lowest BCUT2D eigenvalue weighted by Gasteiger charge is -2.51. The summed E-state index contributed by atoms with van der Waals surface area (Å²) in [4.78, 5) is 16.6. The number of carbonyl (C=O) groups excluding carboxylic acids is 1. The Labute approximate surface area is 143 Å². The Kier molecular flexibility index (Phi) is 4.96. The fraction of sp³-hybridized carbons (Fsp3) is 0.611. The third-order valence-electron chi connectivity index (χ3n) is 5.16. The molecule has 24 heavy (non-hydrogen) atoms. The third-order valence-corrected chi connectivity index (χ3v) is 5.16. The van der Waals surface area contributed by atoms with E-state index in [9.17, 15) is 4.79 Å². The Morgan fingerprint density at radius 1 is 1.25 bits per heavy atom. The predicted octanol–water partition coefficient (Wildman–Crippen LogP) is 1.25. The average molecular weight is 334 g/mol. The van der Waals surface area contributed by atoms with Gasteiger partial charge in [0.05, 0.1) is 19.3 Å². The van der Waals surface area contributed by atoms with Crippen molar-refractivity contribution in [2.45, 2.75) is 12.0 Å². The third kappa shape index (κ3) is 3.21. The number of likely N-dealkylation sites (N-methyl/N-ethyl adjacent to an activating group) is 1. The van der Waals surface area contributed by atoms with Crippen LogP contribution >= 0.6 is 0 Å². The summed E-state index contributed by atoms with van der Waals surface area (Å²) in [6, 6.07) is 7.37. The molecule has 1 aromatic carbocycles. The summed E-state index contributed by atoms with van der Waals surface area (Å²) < 4.78 is 16.2.